The first-order valence-corrected chi connectivity index (χ1v) is 14.7. The van der Waals surface area contributed by atoms with Crippen molar-refractivity contribution in [1.29, 1.82) is 0 Å². The van der Waals surface area contributed by atoms with E-state index in [-0.39, 0.29) is 29.2 Å². The molecule has 1 aliphatic carbocycles. The molecule has 0 saturated heterocycles. The second-order valence-corrected chi connectivity index (χ2v) is 12.1. The van der Waals surface area contributed by atoms with Crippen molar-refractivity contribution in [2.24, 2.45) is 13.0 Å². The molecule has 2 N–H and O–H groups in total. The first-order valence-electron chi connectivity index (χ1n) is 12.9. The van der Waals surface area contributed by atoms with Crippen LogP contribution < -0.4 is 4.72 Å². The number of amides is 1. The molecule has 3 aromatic rings. The smallest absolute Gasteiger partial charge is 0.303 e. The Labute approximate surface area is 228 Å². The minimum atomic E-state index is -3.76. The summed E-state index contributed by atoms with van der Waals surface area (Å²) in [4.78, 5) is 25.2. The van der Waals surface area contributed by atoms with E-state index in [0.717, 1.165) is 22.2 Å². The van der Waals surface area contributed by atoms with Crippen LogP contribution in [0.15, 0.2) is 47.4 Å². The van der Waals surface area contributed by atoms with Crippen molar-refractivity contribution >= 4 is 44.4 Å². The van der Waals surface area contributed by atoms with Crippen LogP contribution in [-0.2, 0) is 33.1 Å². The molecule has 2 aromatic carbocycles. The SMILES string of the molecule is CCN(C)C(=O)C1CCC(NS(=O)(=O)c2ccc3c(Cl)c(-c4ccc(CCC(=O)O)cc4)n(C)c3c2)CC1. The van der Waals surface area contributed by atoms with E-state index in [1.807, 2.05) is 42.8 Å². The van der Waals surface area contributed by atoms with Gasteiger partial charge in [0.15, 0.2) is 0 Å². The number of nitrogens with one attached hydrogen (secondary N) is 1. The summed E-state index contributed by atoms with van der Waals surface area (Å²) in [5.74, 6) is -0.758. The van der Waals surface area contributed by atoms with Crippen molar-refractivity contribution in [3.63, 3.8) is 0 Å². The number of halogens is 1. The van der Waals surface area contributed by atoms with Crippen LogP contribution in [0.5, 0.6) is 0 Å². The number of carbonyl (C=O) groups excluding carboxylic acids is 1. The summed E-state index contributed by atoms with van der Waals surface area (Å²) in [5, 5.41) is 10.2. The Bertz CT molecular complexity index is 1440. The second-order valence-electron chi connectivity index (χ2n) is 10.0. The van der Waals surface area contributed by atoms with Gasteiger partial charge in [0, 0.05) is 44.4 Å². The minimum absolute atomic E-state index is 0.0489. The molecule has 0 aliphatic heterocycles. The number of aryl methyl sites for hydroxylation is 2. The quantitative estimate of drug-likeness (QED) is 0.390. The molecule has 4 rings (SSSR count). The van der Waals surface area contributed by atoms with Crippen molar-refractivity contribution in [2.45, 2.75) is 56.4 Å². The van der Waals surface area contributed by atoms with Crippen LogP contribution in [0.1, 0.15) is 44.6 Å². The number of hydrogen-bond acceptors (Lipinski definition) is 4. The first kappa shape index (κ1) is 28.1. The summed E-state index contributed by atoms with van der Waals surface area (Å²) in [6.07, 6.45) is 3.09. The maximum Gasteiger partial charge on any atom is 0.303 e. The lowest BCUT2D eigenvalue weighted by Crippen LogP contribution is -2.41. The zero-order valence-electron chi connectivity index (χ0n) is 21.9. The second kappa shape index (κ2) is 11.5. The summed E-state index contributed by atoms with van der Waals surface area (Å²) in [5.41, 5.74) is 3.23. The number of carbonyl (C=O) groups is 2. The normalized spacial score (nSPS) is 18.0. The van der Waals surface area contributed by atoms with Gasteiger partial charge in [-0.2, -0.15) is 0 Å². The number of nitrogens with zero attached hydrogens (tertiary/aromatic N) is 2. The molecule has 0 atom stereocenters. The van der Waals surface area contributed by atoms with Crippen LogP contribution in [0, 0.1) is 5.92 Å². The summed E-state index contributed by atoms with van der Waals surface area (Å²) in [6, 6.07) is 12.3. The molecule has 10 heteroatoms. The molecule has 204 valence electrons. The number of sulfonamides is 1. The highest BCUT2D eigenvalue weighted by Crippen LogP contribution is 2.38. The van der Waals surface area contributed by atoms with Gasteiger partial charge in [-0.25, -0.2) is 13.1 Å². The molecule has 0 spiro atoms. The highest BCUT2D eigenvalue weighted by atomic mass is 35.5. The lowest BCUT2D eigenvalue weighted by Gasteiger charge is -2.30. The number of carboxylic acids is 1. The van der Waals surface area contributed by atoms with E-state index in [4.69, 9.17) is 16.7 Å². The van der Waals surface area contributed by atoms with E-state index in [1.165, 1.54) is 0 Å². The highest BCUT2D eigenvalue weighted by molar-refractivity contribution is 7.89. The number of hydrogen-bond donors (Lipinski definition) is 2. The standard InChI is InChI=1S/C28H34ClN3O5S/c1-4-31(2)28(35)20-10-12-21(13-11-20)30-38(36,37)22-14-15-23-24(17-22)32(3)27(26(23)29)19-8-5-18(6-9-19)7-16-25(33)34/h5-6,8-9,14-15,17,20-21,30H,4,7,10-13,16H2,1-3H3,(H,33,34). The van der Waals surface area contributed by atoms with Gasteiger partial charge in [-0.3, -0.25) is 9.59 Å². The largest absolute Gasteiger partial charge is 0.481 e. The lowest BCUT2D eigenvalue weighted by molar-refractivity contribution is -0.137. The van der Waals surface area contributed by atoms with Crippen LogP contribution in [-0.4, -0.2) is 54.5 Å². The van der Waals surface area contributed by atoms with Crippen LogP contribution >= 0.6 is 11.6 Å². The molecule has 38 heavy (non-hydrogen) atoms. The van der Waals surface area contributed by atoms with Crippen molar-refractivity contribution in [2.75, 3.05) is 13.6 Å². The topological polar surface area (TPSA) is 109 Å². The summed E-state index contributed by atoms with van der Waals surface area (Å²) in [6.45, 7) is 2.61. The van der Waals surface area contributed by atoms with Gasteiger partial charge in [0.2, 0.25) is 15.9 Å². The average Bonchev–Trinajstić information content (AvgIpc) is 3.16. The maximum absolute atomic E-state index is 13.3. The first-order chi connectivity index (χ1) is 18.0. The van der Waals surface area contributed by atoms with E-state index >= 15 is 0 Å². The highest BCUT2D eigenvalue weighted by Gasteiger charge is 2.30. The number of fused-ring (bicyclic) bond motifs is 1. The van der Waals surface area contributed by atoms with Gasteiger partial charge in [0.05, 0.1) is 21.1 Å². The molecule has 8 nitrogen and oxygen atoms in total. The third kappa shape index (κ3) is 5.90. The van der Waals surface area contributed by atoms with Crippen molar-refractivity contribution in [3.8, 4) is 11.3 Å². The summed E-state index contributed by atoms with van der Waals surface area (Å²) in [7, 11) is -0.122. The maximum atomic E-state index is 13.3. The van der Waals surface area contributed by atoms with Gasteiger partial charge in [-0.05, 0) is 68.4 Å². The van der Waals surface area contributed by atoms with E-state index < -0.39 is 16.0 Å². The molecule has 1 aromatic heterocycles. The van der Waals surface area contributed by atoms with E-state index in [1.54, 1.807) is 30.1 Å². The predicted molar refractivity (Wildman–Crippen MR) is 149 cm³/mol. The predicted octanol–water partition coefficient (Wildman–Crippen LogP) is 4.83. The molecule has 1 saturated carbocycles. The number of carboxylic acid groups (broad SMARTS) is 1. The number of rotatable bonds is 9. The van der Waals surface area contributed by atoms with E-state index in [0.29, 0.717) is 49.2 Å². The third-order valence-corrected chi connectivity index (χ3v) is 9.43. The zero-order chi connectivity index (χ0) is 27.6. The Morgan fingerprint density at radius 1 is 1.11 bits per heavy atom. The minimum Gasteiger partial charge on any atom is -0.481 e. The van der Waals surface area contributed by atoms with Gasteiger partial charge < -0.3 is 14.6 Å². The monoisotopic (exact) mass is 559 g/mol. The Morgan fingerprint density at radius 3 is 2.37 bits per heavy atom. The van der Waals surface area contributed by atoms with Crippen LogP contribution in [0.25, 0.3) is 22.2 Å². The number of aliphatic carboxylic acids is 1. The van der Waals surface area contributed by atoms with Gasteiger partial charge in [-0.1, -0.05) is 35.9 Å². The fraction of sp³-hybridized carbons (Fsp3) is 0.429. The van der Waals surface area contributed by atoms with Gasteiger partial charge in [0.1, 0.15) is 0 Å². The van der Waals surface area contributed by atoms with Crippen LogP contribution in [0.3, 0.4) is 0 Å². The average molecular weight is 560 g/mol. The van der Waals surface area contributed by atoms with Gasteiger partial charge in [0.25, 0.3) is 0 Å². The fourth-order valence-corrected chi connectivity index (χ4v) is 6.87. The Morgan fingerprint density at radius 2 is 1.76 bits per heavy atom. The molecule has 1 fully saturated rings. The van der Waals surface area contributed by atoms with Crippen molar-refractivity contribution in [1.82, 2.24) is 14.2 Å². The lowest BCUT2D eigenvalue weighted by atomic mass is 9.85. The molecule has 1 amide bonds. The van der Waals surface area contributed by atoms with Gasteiger partial charge in [-0.15, -0.1) is 0 Å². The molecular formula is C28H34ClN3O5S. The summed E-state index contributed by atoms with van der Waals surface area (Å²) < 4.78 is 31.2. The Kier molecular flexibility index (Phi) is 8.49. The molecular weight excluding hydrogens is 526 g/mol. The third-order valence-electron chi connectivity index (χ3n) is 7.52. The van der Waals surface area contributed by atoms with Crippen LogP contribution in [0.2, 0.25) is 5.02 Å². The fourth-order valence-electron chi connectivity index (χ4n) is 5.15. The van der Waals surface area contributed by atoms with E-state index in [9.17, 15) is 18.0 Å². The van der Waals surface area contributed by atoms with Crippen molar-refractivity contribution < 1.29 is 23.1 Å². The Balaban J connectivity index is 1.52. The Hall–Kier alpha value is -2.88. The van der Waals surface area contributed by atoms with Gasteiger partial charge >= 0.3 is 5.97 Å². The van der Waals surface area contributed by atoms with Crippen LogP contribution in [0.4, 0.5) is 0 Å². The number of benzene rings is 2. The molecule has 1 heterocycles. The number of aromatic nitrogens is 1. The molecule has 0 unspecified atom stereocenters. The zero-order valence-corrected chi connectivity index (χ0v) is 23.5. The molecule has 0 bridgehead atoms. The van der Waals surface area contributed by atoms with Crippen molar-refractivity contribution in [3.05, 3.63) is 53.1 Å². The molecule has 0 radical (unpaired) electrons. The molecule has 1 aliphatic rings. The summed E-state index contributed by atoms with van der Waals surface area (Å²) >= 11 is 6.74. The van der Waals surface area contributed by atoms with E-state index in [2.05, 4.69) is 4.72 Å².